The Morgan fingerprint density at radius 3 is 2.06 bits per heavy atom. The topological polar surface area (TPSA) is 104 Å². The van der Waals surface area contributed by atoms with Crippen molar-refractivity contribution in [3.8, 4) is 0 Å². The monoisotopic (exact) mass is 453 g/mol. The first-order valence-electron chi connectivity index (χ1n) is 10.2. The molecule has 2 aliphatic heterocycles. The van der Waals surface area contributed by atoms with Crippen molar-refractivity contribution >= 4 is 27.7 Å². The lowest BCUT2D eigenvalue weighted by Crippen LogP contribution is -2.77. The molecule has 3 amide bonds. The summed E-state index contributed by atoms with van der Waals surface area (Å²) >= 11 is 0. The highest BCUT2D eigenvalue weighted by molar-refractivity contribution is 7.90. The highest BCUT2D eigenvalue weighted by Crippen LogP contribution is 2.39. The molecule has 8 nitrogen and oxygen atoms in total. The minimum atomic E-state index is -4.24. The van der Waals surface area contributed by atoms with E-state index in [9.17, 15) is 22.8 Å². The molecule has 32 heavy (non-hydrogen) atoms. The van der Waals surface area contributed by atoms with E-state index in [-0.39, 0.29) is 18.7 Å². The van der Waals surface area contributed by atoms with Crippen LogP contribution in [0.1, 0.15) is 25.0 Å². The van der Waals surface area contributed by atoms with Crippen LogP contribution >= 0.6 is 0 Å². The average Bonchev–Trinajstić information content (AvgIpc) is 2.76. The number of nitrogens with zero attached hydrogens (tertiary/aromatic N) is 2. The van der Waals surface area contributed by atoms with E-state index in [2.05, 4.69) is 5.32 Å². The van der Waals surface area contributed by atoms with Gasteiger partial charge in [-0.15, -0.1) is 0 Å². The smallest absolute Gasteiger partial charge is 0.284 e. The maximum atomic E-state index is 13.4. The number of nitrogens with one attached hydrogen (secondary N) is 1. The van der Waals surface area contributed by atoms with E-state index in [0.29, 0.717) is 11.1 Å². The van der Waals surface area contributed by atoms with Gasteiger partial charge in [0.2, 0.25) is 5.91 Å². The molecule has 2 fully saturated rings. The highest BCUT2D eigenvalue weighted by atomic mass is 32.2. The second-order valence-electron chi connectivity index (χ2n) is 8.00. The van der Waals surface area contributed by atoms with Crippen molar-refractivity contribution in [2.24, 2.45) is 0 Å². The third kappa shape index (κ3) is 3.69. The van der Waals surface area contributed by atoms with Crippen LogP contribution in [0.3, 0.4) is 0 Å². The van der Waals surface area contributed by atoms with Gasteiger partial charge >= 0.3 is 0 Å². The summed E-state index contributed by atoms with van der Waals surface area (Å²) in [5.41, 5.74) is 1.95. The quantitative estimate of drug-likeness (QED) is 0.547. The van der Waals surface area contributed by atoms with Gasteiger partial charge in [-0.25, -0.2) is 12.7 Å². The molecule has 2 saturated heterocycles. The molecule has 2 aliphatic rings. The van der Waals surface area contributed by atoms with Crippen molar-refractivity contribution in [1.29, 1.82) is 0 Å². The molecular weight excluding hydrogens is 430 g/mol. The molecule has 0 spiro atoms. The molecule has 9 heteroatoms. The molecule has 2 heterocycles. The molecule has 2 aromatic carbocycles. The van der Waals surface area contributed by atoms with Crippen LogP contribution < -0.4 is 5.32 Å². The van der Waals surface area contributed by atoms with Crippen LogP contribution in [0.4, 0.5) is 0 Å². The van der Waals surface area contributed by atoms with Gasteiger partial charge in [0, 0.05) is 0 Å². The Bertz CT molecular complexity index is 1200. The van der Waals surface area contributed by atoms with E-state index < -0.39 is 39.2 Å². The summed E-state index contributed by atoms with van der Waals surface area (Å²) in [6, 6.07) is 16.4. The number of allylic oxidation sites excluding steroid dienone is 1. The zero-order valence-corrected chi connectivity index (χ0v) is 18.5. The van der Waals surface area contributed by atoms with Crippen LogP contribution in [-0.2, 0) is 37.4 Å². The molecule has 0 saturated carbocycles. The van der Waals surface area contributed by atoms with Gasteiger partial charge < -0.3 is 5.32 Å². The molecule has 2 aromatic rings. The van der Waals surface area contributed by atoms with Gasteiger partial charge in [0.05, 0.1) is 13.0 Å². The van der Waals surface area contributed by atoms with Crippen LogP contribution in [0.15, 0.2) is 71.9 Å². The van der Waals surface area contributed by atoms with E-state index in [1.807, 2.05) is 6.07 Å². The number of rotatable bonds is 5. The van der Waals surface area contributed by atoms with Crippen LogP contribution in [0, 0.1) is 0 Å². The summed E-state index contributed by atoms with van der Waals surface area (Å²) in [4.78, 5) is 39.5. The second-order valence-corrected chi connectivity index (χ2v) is 9.95. The number of hydrogen-bond donors (Lipinski definition) is 1. The largest absolute Gasteiger partial charge is 0.341 e. The van der Waals surface area contributed by atoms with Crippen molar-refractivity contribution in [2.75, 3.05) is 0 Å². The van der Waals surface area contributed by atoms with E-state index in [1.54, 1.807) is 68.4 Å². The Morgan fingerprint density at radius 1 is 0.938 bits per heavy atom. The third-order valence-corrected chi connectivity index (χ3v) is 7.49. The molecule has 2 atom stereocenters. The van der Waals surface area contributed by atoms with Gasteiger partial charge in [0.1, 0.15) is 11.7 Å². The maximum Gasteiger partial charge on any atom is 0.284 e. The predicted molar refractivity (Wildman–Crippen MR) is 117 cm³/mol. The first-order valence-corrected chi connectivity index (χ1v) is 11.7. The molecule has 0 unspecified atom stereocenters. The van der Waals surface area contributed by atoms with E-state index in [1.165, 1.54) is 0 Å². The van der Waals surface area contributed by atoms with Crippen LogP contribution in [0.2, 0.25) is 0 Å². The summed E-state index contributed by atoms with van der Waals surface area (Å²) in [5.74, 6) is -1.81. The fourth-order valence-corrected chi connectivity index (χ4v) is 5.89. The lowest BCUT2D eigenvalue weighted by Gasteiger charge is -2.52. The summed E-state index contributed by atoms with van der Waals surface area (Å²) in [6.07, 6.45) is 0.0134. The van der Waals surface area contributed by atoms with E-state index in [0.717, 1.165) is 14.8 Å². The normalized spacial score (nSPS) is 21.6. The van der Waals surface area contributed by atoms with Gasteiger partial charge in [-0.05, 0) is 30.5 Å². The molecule has 4 rings (SSSR count). The zero-order valence-electron chi connectivity index (χ0n) is 17.7. The van der Waals surface area contributed by atoms with E-state index >= 15 is 0 Å². The molecule has 0 aromatic heterocycles. The minimum Gasteiger partial charge on any atom is -0.341 e. The summed E-state index contributed by atoms with van der Waals surface area (Å²) < 4.78 is 27.6. The number of carbonyl (C=O) groups is 3. The van der Waals surface area contributed by atoms with Crippen molar-refractivity contribution in [3.63, 3.8) is 0 Å². The highest BCUT2D eigenvalue weighted by Gasteiger charge is 2.63. The Morgan fingerprint density at radius 2 is 1.50 bits per heavy atom. The molecule has 0 radical (unpaired) electrons. The Kier molecular flexibility index (Phi) is 5.60. The van der Waals surface area contributed by atoms with E-state index in [4.69, 9.17) is 0 Å². The third-order valence-electron chi connectivity index (χ3n) is 5.49. The van der Waals surface area contributed by atoms with Crippen LogP contribution in [0.5, 0.6) is 0 Å². The number of hydrogen-bond acceptors (Lipinski definition) is 5. The first kappa shape index (κ1) is 21.8. The number of carbonyl (C=O) groups excluding carboxylic acids is 3. The van der Waals surface area contributed by atoms with Gasteiger partial charge in [-0.2, -0.15) is 0 Å². The standard InChI is InChI=1S/C23H23N3O5S/c1-15(2)20-22(29)25(14-17-11-7-4-8-12-17)32(30,31)23-19(21(28)26(20)23)24-18(27)13-16-9-5-3-6-10-16/h3-12,19,23H,13-14H2,1-2H3,(H,24,27)/t19-,23-/m1/s1. The minimum absolute atomic E-state index is 0.0134. The van der Waals surface area contributed by atoms with Crippen molar-refractivity contribution in [2.45, 2.75) is 38.2 Å². The van der Waals surface area contributed by atoms with Crippen LogP contribution in [0.25, 0.3) is 0 Å². The van der Waals surface area contributed by atoms with Crippen molar-refractivity contribution < 1.29 is 22.8 Å². The van der Waals surface area contributed by atoms with Gasteiger partial charge in [-0.1, -0.05) is 60.7 Å². The molecule has 0 bridgehead atoms. The number of fused-ring (bicyclic) bond motifs is 1. The molecule has 166 valence electrons. The summed E-state index contributed by atoms with van der Waals surface area (Å²) in [7, 11) is -4.24. The van der Waals surface area contributed by atoms with Gasteiger partial charge in [0.25, 0.3) is 21.8 Å². The maximum absolute atomic E-state index is 13.4. The van der Waals surface area contributed by atoms with Gasteiger partial charge in [0.15, 0.2) is 5.37 Å². The van der Waals surface area contributed by atoms with Crippen molar-refractivity contribution in [1.82, 2.24) is 14.5 Å². The zero-order chi connectivity index (χ0) is 23.0. The summed E-state index contributed by atoms with van der Waals surface area (Å²) in [5, 5.41) is 1.20. The lowest BCUT2D eigenvalue weighted by molar-refractivity contribution is -0.150. The number of benzene rings is 2. The SMILES string of the molecule is CC(C)=C1C(=O)N(Cc2ccccc2)S(=O)(=O)[C@@H]2[C@H](NC(=O)Cc3ccccc3)C(=O)N12. The lowest BCUT2D eigenvalue weighted by atomic mass is 10.0. The fourth-order valence-electron chi connectivity index (χ4n) is 3.98. The number of β-lactam (4-membered cyclic amide) rings is 1. The second kappa shape index (κ2) is 8.23. The first-order chi connectivity index (χ1) is 15.2. The van der Waals surface area contributed by atoms with Crippen LogP contribution in [-0.4, -0.2) is 46.8 Å². The molecule has 1 N–H and O–H groups in total. The Balaban J connectivity index is 1.63. The van der Waals surface area contributed by atoms with Gasteiger partial charge in [-0.3, -0.25) is 19.3 Å². The number of sulfonamides is 1. The molecular formula is C23H23N3O5S. The summed E-state index contributed by atoms with van der Waals surface area (Å²) in [6.45, 7) is 3.15. The predicted octanol–water partition coefficient (Wildman–Crippen LogP) is 1.55. The fraction of sp³-hybridized carbons (Fsp3) is 0.261. The Hall–Kier alpha value is -3.46. The molecule has 0 aliphatic carbocycles. The average molecular weight is 454 g/mol. The Labute approximate surface area is 186 Å². The van der Waals surface area contributed by atoms with Crippen molar-refractivity contribution in [3.05, 3.63) is 83.1 Å². The number of amides is 3.